The molecule has 1 N–H and O–H groups in total. The van der Waals surface area contributed by atoms with Crippen molar-refractivity contribution in [3.05, 3.63) is 16.1 Å². The minimum Gasteiger partial charge on any atom is -0.303 e. The Morgan fingerprint density at radius 3 is 2.57 bits per heavy atom. The number of carbonyl (C=O) groups excluding carboxylic acids is 2. The Labute approximate surface area is 128 Å². The van der Waals surface area contributed by atoms with Crippen LogP contribution in [0.3, 0.4) is 0 Å². The predicted octanol–water partition coefficient (Wildman–Crippen LogP) is 2.81. The summed E-state index contributed by atoms with van der Waals surface area (Å²) in [7, 11) is 0. The zero-order valence-electron chi connectivity index (χ0n) is 12.7. The molecule has 2 fully saturated rings. The number of rotatable bonds is 2. The van der Waals surface area contributed by atoms with Crippen molar-refractivity contribution in [1.82, 2.24) is 15.2 Å². The maximum absolute atomic E-state index is 12.2. The molecule has 0 radical (unpaired) electrons. The van der Waals surface area contributed by atoms with Gasteiger partial charge in [-0.15, -0.1) is 11.3 Å². The summed E-state index contributed by atoms with van der Waals surface area (Å²) in [6, 6.07) is -0.269. The van der Waals surface area contributed by atoms with Gasteiger partial charge in [-0.25, -0.2) is 9.78 Å². The molecule has 6 heteroatoms. The van der Waals surface area contributed by atoms with Crippen LogP contribution in [0.5, 0.6) is 0 Å². The highest BCUT2D eigenvalue weighted by atomic mass is 32.1. The largest absolute Gasteiger partial charge is 0.325 e. The van der Waals surface area contributed by atoms with E-state index in [9.17, 15) is 9.59 Å². The Hall–Kier alpha value is -1.43. The second kappa shape index (κ2) is 4.80. The van der Waals surface area contributed by atoms with Crippen molar-refractivity contribution in [3.63, 3.8) is 0 Å². The van der Waals surface area contributed by atoms with Crippen molar-refractivity contribution in [2.75, 3.05) is 0 Å². The number of nitrogens with zero attached hydrogens (tertiary/aromatic N) is 2. The van der Waals surface area contributed by atoms with Gasteiger partial charge in [0.2, 0.25) is 0 Å². The molecular formula is C15H21N3O2S. The summed E-state index contributed by atoms with van der Waals surface area (Å²) in [4.78, 5) is 30.7. The van der Waals surface area contributed by atoms with Crippen LogP contribution in [0, 0.1) is 0 Å². The van der Waals surface area contributed by atoms with Gasteiger partial charge in [0.15, 0.2) is 0 Å². The van der Waals surface area contributed by atoms with Gasteiger partial charge < -0.3 is 4.90 Å². The zero-order chi connectivity index (χ0) is 15.3. The summed E-state index contributed by atoms with van der Waals surface area (Å²) in [5.41, 5.74) is 0.418. The highest BCUT2D eigenvalue weighted by Crippen LogP contribution is 2.39. The minimum absolute atomic E-state index is 0.00286. The number of carbonyl (C=O) groups is 2. The number of hydrogen-bond donors (Lipinski definition) is 1. The number of thiazole rings is 1. The van der Waals surface area contributed by atoms with E-state index in [4.69, 9.17) is 0 Å². The molecule has 3 rings (SSSR count). The molecule has 1 aliphatic carbocycles. The number of urea groups is 1. The fourth-order valence-electron chi connectivity index (χ4n) is 3.14. The van der Waals surface area contributed by atoms with E-state index < -0.39 is 5.54 Å². The molecule has 21 heavy (non-hydrogen) atoms. The van der Waals surface area contributed by atoms with E-state index >= 15 is 0 Å². The lowest BCUT2D eigenvalue weighted by atomic mass is 9.93. The first-order chi connectivity index (χ1) is 9.83. The van der Waals surface area contributed by atoms with Gasteiger partial charge in [0, 0.05) is 10.8 Å². The molecule has 1 aliphatic heterocycles. The molecule has 1 saturated carbocycles. The number of amides is 3. The van der Waals surface area contributed by atoms with E-state index in [0.29, 0.717) is 6.54 Å². The first-order valence-electron chi connectivity index (χ1n) is 7.41. The molecule has 2 heterocycles. The molecular weight excluding hydrogens is 286 g/mol. The molecule has 0 bridgehead atoms. The lowest BCUT2D eigenvalue weighted by Gasteiger charge is -2.30. The van der Waals surface area contributed by atoms with E-state index in [1.54, 1.807) is 16.2 Å². The molecule has 5 nitrogen and oxygen atoms in total. The summed E-state index contributed by atoms with van der Waals surface area (Å²) >= 11 is 1.56. The quantitative estimate of drug-likeness (QED) is 0.855. The third-order valence-corrected chi connectivity index (χ3v) is 5.28. The highest BCUT2D eigenvalue weighted by Gasteiger charge is 2.54. The summed E-state index contributed by atoms with van der Waals surface area (Å²) in [5.74, 6) is -0.127. The van der Waals surface area contributed by atoms with Gasteiger partial charge >= 0.3 is 6.03 Å². The Bertz CT molecular complexity index is 582. The maximum Gasteiger partial charge on any atom is 0.325 e. The van der Waals surface area contributed by atoms with Crippen molar-refractivity contribution in [3.8, 4) is 0 Å². The topological polar surface area (TPSA) is 62.3 Å². The third-order valence-electron chi connectivity index (χ3n) is 4.45. The fraction of sp³-hybridized carbons (Fsp3) is 0.667. The normalized spacial score (nSPS) is 21.4. The van der Waals surface area contributed by atoms with Gasteiger partial charge in [0.1, 0.15) is 10.5 Å². The van der Waals surface area contributed by atoms with E-state index in [2.05, 4.69) is 31.1 Å². The maximum atomic E-state index is 12.2. The Morgan fingerprint density at radius 1 is 1.33 bits per heavy atom. The average molecular weight is 307 g/mol. The number of imide groups is 1. The van der Waals surface area contributed by atoms with Gasteiger partial charge in [-0.2, -0.15) is 0 Å². The van der Waals surface area contributed by atoms with Crippen molar-refractivity contribution in [2.45, 2.75) is 64.0 Å². The zero-order valence-corrected chi connectivity index (χ0v) is 13.5. The van der Waals surface area contributed by atoms with Gasteiger partial charge in [0.25, 0.3) is 5.91 Å². The predicted molar refractivity (Wildman–Crippen MR) is 81.1 cm³/mol. The lowest BCUT2D eigenvalue weighted by molar-refractivity contribution is -0.126. The summed E-state index contributed by atoms with van der Waals surface area (Å²) in [6.07, 6.45) is 3.54. The SMILES string of the molecule is CC(C)(C)c1csc(CN2C(=O)NC(=O)C23CCCC3)n1. The van der Waals surface area contributed by atoms with Crippen LogP contribution >= 0.6 is 11.3 Å². The second-order valence-electron chi connectivity index (χ2n) is 6.96. The molecule has 2 aliphatic rings. The molecule has 1 saturated heterocycles. The van der Waals surface area contributed by atoms with Crippen LogP contribution in [0.2, 0.25) is 0 Å². The van der Waals surface area contributed by atoms with Gasteiger partial charge in [-0.3, -0.25) is 10.1 Å². The van der Waals surface area contributed by atoms with Crippen LogP contribution in [0.25, 0.3) is 0 Å². The van der Waals surface area contributed by atoms with Gasteiger partial charge in [-0.1, -0.05) is 33.6 Å². The molecule has 1 aromatic heterocycles. The molecule has 1 aromatic rings. The number of hydrogen-bond acceptors (Lipinski definition) is 4. The first-order valence-corrected chi connectivity index (χ1v) is 8.29. The molecule has 0 unspecified atom stereocenters. The highest BCUT2D eigenvalue weighted by molar-refractivity contribution is 7.09. The lowest BCUT2D eigenvalue weighted by Crippen LogP contribution is -2.46. The smallest absolute Gasteiger partial charge is 0.303 e. The van der Waals surface area contributed by atoms with Crippen molar-refractivity contribution < 1.29 is 9.59 Å². The standard InChI is InChI=1S/C15H21N3O2S/c1-14(2,3)10-9-21-11(16-10)8-18-13(20)17-12(19)15(18)6-4-5-7-15/h9H,4-8H2,1-3H3,(H,17,19,20). The number of nitrogens with one attached hydrogen (secondary N) is 1. The summed E-state index contributed by atoms with van der Waals surface area (Å²) in [5, 5.41) is 5.43. The molecule has 0 aromatic carbocycles. The molecule has 114 valence electrons. The van der Waals surface area contributed by atoms with E-state index in [0.717, 1.165) is 36.4 Å². The van der Waals surface area contributed by atoms with Gasteiger partial charge in [-0.05, 0) is 12.8 Å². The summed E-state index contributed by atoms with van der Waals surface area (Å²) in [6.45, 7) is 6.79. The Balaban J connectivity index is 1.84. The van der Waals surface area contributed by atoms with Crippen LogP contribution in [-0.4, -0.2) is 27.4 Å². The third kappa shape index (κ3) is 2.35. The van der Waals surface area contributed by atoms with E-state index in [1.807, 2.05) is 5.38 Å². The average Bonchev–Trinajstić information content (AvgIpc) is 3.08. The van der Waals surface area contributed by atoms with Gasteiger partial charge in [0.05, 0.1) is 12.2 Å². The fourth-order valence-corrected chi connectivity index (χ4v) is 4.15. The van der Waals surface area contributed by atoms with Crippen LogP contribution in [-0.2, 0) is 16.8 Å². The second-order valence-corrected chi connectivity index (χ2v) is 7.90. The molecule has 3 amide bonds. The monoisotopic (exact) mass is 307 g/mol. The Morgan fingerprint density at radius 2 is 2.00 bits per heavy atom. The minimum atomic E-state index is -0.620. The van der Waals surface area contributed by atoms with Crippen molar-refractivity contribution in [1.29, 1.82) is 0 Å². The molecule has 1 spiro atoms. The van der Waals surface area contributed by atoms with E-state index in [1.165, 1.54) is 0 Å². The Kier molecular flexibility index (Phi) is 3.31. The van der Waals surface area contributed by atoms with Crippen LogP contribution < -0.4 is 5.32 Å². The van der Waals surface area contributed by atoms with Crippen LogP contribution in [0.1, 0.15) is 57.2 Å². The van der Waals surface area contributed by atoms with Crippen molar-refractivity contribution in [2.24, 2.45) is 0 Å². The number of aromatic nitrogens is 1. The van der Waals surface area contributed by atoms with Crippen molar-refractivity contribution >= 4 is 23.3 Å². The van der Waals surface area contributed by atoms with Crippen LogP contribution in [0.15, 0.2) is 5.38 Å². The first kappa shape index (κ1) is 14.5. The van der Waals surface area contributed by atoms with E-state index in [-0.39, 0.29) is 17.4 Å². The van der Waals surface area contributed by atoms with Crippen LogP contribution in [0.4, 0.5) is 4.79 Å². The summed E-state index contributed by atoms with van der Waals surface area (Å²) < 4.78 is 0. The molecule has 0 atom stereocenters.